The first-order chi connectivity index (χ1) is 15.2. The molecule has 0 saturated heterocycles. The summed E-state index contributed by atoms with van der Waals surface area (Å²) in [5.41, 5.74) is 3.03. The van der Waals surface area contributed by atoms with Crippen molar-refractivity contribution in [3.05, 3.63) is 95.1 Å². The molecule has 2 heterocycles. The highest BCUT2D eigenvalue weighted by Crippen LogP contribution is 2.42. The SMILES string of the molecule is Cc1sc2ncnc(Nc3ccccc3Oc3ccccc3)c2c1-c1ccc(Cl)cc1. The van der Waals surface area contributed by atoms with Crippen molar-refractivity contribution in [1.82, 2.24) is 9.97 Å². The van der Waals surface area contributed by atoms with Gasteiger partial charge in [0.05, 0.1) is 11.1 Å². The molecule has 3 aromatic carbocycles. The van der Waals surface area contributed by atoms with Crippen LogP contribution in [0, 0.1) is 6.92 Å². The van der Waals surface area contributed by atoms with Crippen LogP contribution in [0.5, 0.6) is 11.5 Å². The van der Waals surface area contributed by atoms with Gasteiger partial charge in [-0.25, -0.2) is 9.97 Å². The third-order valence-electron chi connectivity index (χ3n) is 4.91. The quantitative estimate of drug-likeness (QED) is 0.300. The molecule has 5 aromatic rings. The molecular formula is C25H18ClN3OS. The number of thiophene rings is 1. The molecule has 1 N–H and O–H groups in total. The number of nitrogens with zero attached hydrogens (tertiary/aromatic N) is 2. The molecule has 0 aliphatic heterocycles. The number of benzene rings is 3. The van der Waals surface area contributed by atoms with E-state index in [2.05, 4.69) is 22.2 Å². The van der Waals surface area contributed by atoms with Gasteiger partial charge < -0.3 is 10.1 Å². The zero-order valence-electron chi connectivity index (χ0n) is 16.7. The fourth-order valence-corrected chi connectivity index (χ4v) is 4.64. The summed E-state index contributed by atoms with van der Waals surface area (Å²) in [7, 11) is 0. The maximum Gasteiger partial charge on any atom is 0.150 e. The number of hydrogen-bond donors (Lipinski definition) is 1. The highest BCUT2D eigenvalue weighted by atomic mass is 35.5. The van der Waals surface area contributed by atoms with Gasteiger partial charge in [-0.2, -0.15) is 0 Å². The van der Waals surface area contributed by atoms with Crippen molar-refractivity contribution < 1.29 is 4.74 Å². The number of hydrogen-bond acceptors (Lipinski definition) is 5. The molecule has 0 aliphatic carbocycles. The molecule has 0 fully saturated rings. The van der Waals surface area contributed by atoms with E-state index in [1.807, 2.05) is 78.9 Å². The smallest absolute Gasteiger partial charge is 0.150 e. The third-order valence-corrected chi connectivity index (χ3v) is 6.17. The summed E-state index contributed by atoms with van der Waals surface area (Å²) < 4.78 is 6.11. The van der Waals surface area contributed by atoms with Gasteiger partial charge in [-0.05, 0) is 48.9 Å². The summed E-state index contributed by atoms with van der Waals surface area (Å²) in [5.74, 6) is 2.24. The second-order valence-electron chi connectivity index (χ2n) is 6.98. The Hall–Kier alpha value is -3.41. The Labute approximate surface area is 189 Å². The number of halogens is 1. The average Bonchev–Trinajstić information content (AvgIpc) is 3.13. The molecule has 4 nitrogen and oxygen atoms in total. The molecule has 0 atom stereocenters. The Morgan fingerprint density at radius 1 is 0.871 bits per heavy atom. The molecule has 2 aromatic heterocycles. The number of ether oxygens (including phenoxy) is 1. The molecule has 152 valence electrons. The molecule has 31 heavy (non-hydrogen) atoms. The Morgan fingerprint density at radius 3 is 2.42 bits per heavy atom. The predicted molar refractivity (Wildman–Crippen MR) is 129 cm³/mol. The summed E-state index contributed by atoms with van der Waals surface area (Å²) in [5, 5.41) is 5.17. The lowest BCUT2D eigenvalue weighted by atomic mass is 10.0. The highest BCUT2D eigenvalue weighted by Gasteiger charge is 2.18. The number of aromatic nitrogens is 2. The maximum atomic E-state index is 6.11. The fraction of sp³-hybridized carbons (Fsp3) is 0.0400. The summed E-state index contributed by atoms with van der Waals surface area (Å²) in [4.78, 5) is 11.2. The van der Waals surface area contributed by atoms with Crippen LogP contribution < -0.4 is 10.1 Å². The van der Waals surface area contributed by atoms with Crippen LogP contribution >= 0.6 is 22.9 Å². The van der Waals surface area contributed by atoms with Crippen molar-refractivity contribution in [2.45, 2.75) is 6.92 Å². The second-order valence-corrected chi connectivity index (χ2v) is 8.62. The zero-order valence-corrected chi connectivity index (χ0v) is 18.2. The Kier molecular flexibility index (Phi) is 5.28. The minimum Gasteiger partial charge on any atom is -0.455 e. The Balaban J connectivity index is 1.59. The van der Waals surface area contributed by atoms with E-state index in [4.69, 9.17) is 16.3 Å². The molecular weight excluding hydrogens is 426 g/mol. The van der Waals surface area contributed by atoms with E-state index in [0.29, 0.717) is 5.02 Å². The second kappa shape index (κ2) is 8.38. The van der Waals surface area contributed by atoms with Crippen molar-refractivity contribution in [3.8, 4) is 22.6 Å². The van der Waals surface area contributed by atoms with Crippen LogP contribution in [0.3, 0.4) is 0 Å². The summed E-state index contributed by atoms with van der Waals surface area (Å²) in [6.45, 7) is 2.10. The number of fused-ring (bicyclic) bond motifs is 1. The normalized spacial score (nSPS) is 10.9. The standard InChI is InChI=1S/C25H18ClN3OS/c1-16-22(17-11-13-18(26)14-12-17)23-24(27-15-28-25(23)31-16)29-20-9-5-6-10-21(20)30-19-7-3-2-4-8-19/h2-15H,1H3,(H,27,28,29). The van der Waals surface area contributed by atoms with Gasteiger partial charge in [0.25, 0.3) is 0 Å². The van der Waals surface area contributed by atoms with E-state index in [9.17, 15) is 0 Å². The van der Waals surface area contributed by atoms with Crippen LogP contribution in [0.25, 0.3) is 21.3 Å². The molecule has 0 bridgehead atoms. The van der Waals surface area contributed by atoms with Gasteiger partial charge in [0.1, 0.15) is 22.7 Å². The third kappa shape index (κ3) is 3.98. The van der Waals surface area contributed by atoms with Crippen molar-refractivity contribution in [3.63, 3.8) is 0 Å². The monoisotopic (exact) mass is 443 g/mol. The molecule has 0 aliphatic rings. The molecule has 0 radical (unpaired) electrons. The maximum absolute atomic E-state index is 6.11. The van der Waals surface area contributed by atoms with E-state index in [1.165, 1.54) is 4.88 Å². The lowest BCUT2D eigenvalue weighted by Crippen LogP contribution is -1.98. The van der Waals surface area contributed by atoms with Crippen LogP contribution in [-0.4, -0.2) is 9.97 Å². The fourth-order valence-electron chi connectivity index (χ4n) is 3.51. The van der Waals surface area contributed by atoms with Gasteiger partial charge in [-0.1, -0.05) is 54.1 Å². The average molecular weight is 444 g/mol. The summed E-state index contributed by atoms with van der Waals surface area (Å²) >= 11 is 7.76. The van der Waals surface area contributed by atoms with Crippen molar-refractivity contribution in [2.75, 3.05) is 5.32 Å². The summed E-state index contributed by atoms with van der Waals surface area (Å²) in [6.07, 6.45) is 1.59. The molecule has 0 unspecified atom stereocenters. The van der Waals surface area contributed by atoms with Crippen LogP contribution in [0.1, 0.15) is 4.88 Å². The van der Waals surface area contributed by atoms with Gasteiger partial charge in [0.2, 0.25) is 0 Å². The topological polar surface area (TPSA) is 47.0 Å². The first-order valence-corrected chi connectivity index (χ1v) is 11.0. The van der Waals surface area contributed by atoms with Crippen LogP contribution in [-0.2, 0) is 0 Å². The number of anilines is 2. The van der Waals surface area contributed by atoms with Crippen LogP contribution in [0.4, 0.5) is 11.5 Å². The predicted octanol–water partition coefficient (Wildman–Crippen LogP) is 7.86. The first-order valence-electron chi connectivity index (χ1n) is 9.78. The molecule has 6 heteroatoms. The molecule has 0 spiro atoms. The largest absolute Gasteiger partial charge is 0.455 e. The lowest BCUT2D eigenvalue weighted by molar-refractivity contribution is 0.485. The van der Waals surface area contributed by atoms with Gasteiger partial charge in [0.15, 0.2) is 5.75 Å². The summed E-state index contributed by atoms with van der Waals surface area (Å²) in [6, 6.07) is 25.4. The minimum atomic E-state index is 0.711. The number of para-hydroxylation sites is 3. The van der Waals surface area contributed by atoms with E-state index in [-0.39, 0.29) is 0 Å². The van der Waals surface area contributed by atoms with E-state index >= 15 is 0 Å². The zero-order chi connectivity index (χ0) is 21.2. The van der Waals surface area contributed by atoms with Gasteiger partial charge in [-0.3, -0.25) is 0 Å². The number of aryl methyl sites for hydroxylation is 1. The van der Waals surface area contributed by atoms with Crippen molar-refractivity contribution >= 4 is 44.7 Å². The lowest BCUT2D eigenvalue weighted by Gasteiger charge is -2.14. The Morgan fingerprint density at radius 2 is 1.61 bits per heavy atom. The van der Waals surface area contributed by atoms with Crippen molar-refractivity contribution in [1.29, 1.82) is 0 Å². The van der Waals surface area contributed by atoms with E-state index in [1.54, 1.807) is 17.7 Å². The van der Waals surface area contributed by atoms with E-state index in [0.717, 1.165) is 44.3 Å². The van der Waals surface area contributed by atoms with Gasteiger partial charge in [-0.15, -0.1) is 11.3 Å². The molecule has 0 amide bonds. The van der Waals surface area contributed by atoms with Gasteiger partial charge >= 0.3 is 0 Å². The number of rotatable bonds is 5. The van der Waals surface area contributed by atoms with Crippen LogP contribution in [0.2, 0.25) is 5.02 Å². The van der Waals surface area contributed by atoms with E-state index < -0.39 is 0 Å². The van der Waals surface area contributed by atoms with Crippen LogP contribution in [0.15, 0.2) is 85.2 Å². The number of nitrogens with one attached hydrogen (secondary N) is 1. The molecule has 0 saturated carbocycles. The molecule has 5 rings (SSSR count). The Bertz CT molecular complexity index is 1350. The first kappa shape index (κ1) is 19.5. The minimum absolute atomic E-state index is 0.711. The highest BCUT2D eigenvalue weighted by molar-refractivity contribution is 7.19. The van der Waals surface area contributed by atoms with Gasteiger partial charge in [0, 0.05) is 15.5 Å². The van der Waals surface area contributed by atoms with Crippen molar-refractivity contribution in [2.24, 2.45) is 0 Å².